The minimum atomic E-state index is 1.00. The number of hydrogen-bond donors (Lipinski definition) is 0. The van der Waals surface area contributed by atoms with Crippen molar-refractivity contribution in [2.75, 3.05) is 0 Å². The highest BCUT2D eigenvalue weighted by Crippen LogP contribution is 2.15. The maximum Gasteiger partial charge on any atom is -0.00257 e. The van der Waals surface area contributed by atoms with Crippen LogP contribution in [0.4, 0.5) is 0 Å². The molecule has 0 fully saturated rings. The summed E-state index contributed by atoms with van der Waals surface area (Å²) in [5.74, 6) is 0. The van der Waals surface area contributed by atoms with Gasteiger partial charge in [0.25, 0.3) is 0 Å². The van der Waals surface area contributed by atoms with Crippen molar-refractivity contribution in [1.82, 2.24) is 0 Å². The van der Waals surface area contributed by atoms with Gasteiger partial charge in [-0.1, -0.05) is 231 Å². The zero-order valence-corrected chi connectivity index (χ0v) is 28.1. The van der Waals surface area contributed by atoms with Gasteiger partial charge < -0.3 is 0 Å². The summed E-state index contributed by atoms with van der Waals surface area (Å²) in [4.78, 5) is 0. The molecule has 49 heavy (non-hydrogen) atoms. The van der Waals surface area contributed by atoms with E-state index in [0.29, 0.717) is 0 Å². The summed E-state index contributed by atoms with van der Waals surface area (Å²) < 4.78 is 0. The molecule has 0 unspecified atom stereocenters. The van der Waals surface area contributed by atoms with E-state index in [0.717, 1.165) is 19.3 Å². The second-order valence-electron chi connectivity index (χ2n) is 11.8. The molecular formula is C49H44. The molecule has 8 aromatic rings. The summed E-state index contributed by atoms with van der Waals surface area (Å²) in [7, 11) is 0. The highest BCUT2D eigenvalue weighted by Gasteiger charge is 2.00. The predicted octanol–water partition coefficient (Wildman–Crippen LogP) is 12.7. The van der Waals surface area contributed by atoms with E-state index < -0.39 is 0 Å². The molecule has 0 aliphatic rings. The fraction of sp³-hybridized carbons (Fsp3) is 0.0612. The van der Waals surface area contributed by atoms with Gasteiger partial charge >= 0.3 is 0 Å². The van der Waals surface area contributed by atoms with Gasteiger partial charge in [-0.3, -0.25) is 0 Å². The van der Waals surface area contributed by atoms with Crippen LogP contribution in [-0.4, -0.2) is 0 Å². The van der Waals surface area contributed by atoms with Crippen LogP contribution in [0, 0.1) is 0 Å². The first-order valence-electron chi connectivity index (χ1n) is 17.0. The Morgan fingerprint density at radius 1 is 0.184 bits per heavy atom. The third-order valence-electron chi connectivity index (χ3n) is 7.91. The van der Waals surface area contributed by atoms with Gasteiger partial charge in [-0.15, -0.1) is 0 Å². The summed E-state index contributed by atoms with van der Waals surface area (Å²) in [6, 6.07) is 79.9. The second-order valence-corrected chi connectivity index (χ2v) is 11.8. The van der Waals surface area contributed by atoms with Crippen LogP contribution >= 0.6 is 0 Å². The maximum atomic E-state index is 2.32. The fourth-order valence-corrected chi connectivity index (χ4v) is 5.46. The quantitative estimate of drug-likeness (QED) is 0.171. The number of benzene rings is 8. The van der Waals surface area contributed by atoms with E-state index in [4.69, 9.17) is 0 Å². The van der Waals surface area contributed by atoms with Crippen LogP contribution < -0.4 is 0 Å². The van der Waals surface area contributed by atoms with E-state index in [1.165, 1.54) is 44.2 Å². The Morgan fingerprint density at radius 3 is 0.673 bits per heavy atom. The van der Waals surface area contributed by atoms with Gasteiger partial charge in [0.2, 0.25) is 0 Å². The Balaban J connectivity index is 0.000000139. The topological polar surface area (TPSA) is 0 Å². The monoisotopic (exact) mass is 632 g/mol. The van der Waals surface area contributed by atoms with Crippen LogP contribution in [0.15, 0.2) is 231 Å². The smallest absolute Gasteiger partial charge is 0.00257 e. The molecule has 0 spiro atoms. The SMILES string of the molecule is c1ccc(Cc2cccc(Cc3ccccc3)c2)cc1.c1ccc(Cc2ccccc2)cc1.c1ccc2ccccc2c1.c1ccccc1. The third-order valence-corrected chi connectivity index (χ3v) is 7.91. The van der Waals surface area contributed by atoms with Crippen LogP contribution in [0.3, 0.4) is 0 Å². The fourth-order valence-electron chi connectivity index (χ4n) is 5.46. The summed E-state index contributed by atoms with van der Waals surface area (Å²) in [5.41, 5.74) is 8.23. The molecule has 0 radical (unpaired) electrons. The van der Waals surface area contributed by atoms with Gasteiger partial charge in [0.15, 0.2) is 0 Å². The van der Waals surface area contributed by atoms with E-state index in [1.54, 1.807) is 0 Å². The lowest BCUT2D eigenvalue weighted by Gasteiger charge is -2.06. The van der Waals surface area contributed by atoms with Gasteiger partial charge in [0, 0.05) is 0 Å². The van der Waals surface area contributed by atoms with Crippen LogP contribution in [0.1, 0.15) is 33.4 Å². The molecule has 0 aliphatic carbocycles. The average molecular weight is 633 g/mol. The lowest BCUT2D eigenvalue weighted by molar-refractivity contribution is 1.14. The molecule has 0 N–H and O–H groups in total. The third kappa shape index (κ3) is 13.0. The van der Waals surface area contributed by atoms with Crippen molar-refractivity contribution in [3.05, 3.63) is 264 Å². The molecule has 0 nitrogen and oxygen atoms in total. The first-order chi connectivity index (χ1) is 24.3. The molecule has 0 aromatic heterocycles. The number of hydrogen-bond acceptors (Lipinski definition) is 0. The van der Waals surface area contributed by atoms with Crippen molar-refractivity contribution in [3.8, 4) is 0 Å². The zero-order chi connectivity index (χ0) is 33.6. The maximum absolute atomic E-state index is 2.32. The average Bonchev–Trinajstić information content (AvgIpc) is 3.18. The molecule has 8 aromatic carbocycles. The highest BCUT2D eigenvalue weighted by molar-refractivity contribution is 5.82. The summed E-state index contributed by atoms with van der Waals surface area (Å²) in [6.45, 7) is 0. The summed E-state index contributed by atoms with van der Waals surface area (Å²) in [6.07, 6.45) is 3.04. The van der Waals surface area contributed by atoms with Gasteiger partial charge in [0.1, 0.15) is 0 Å². The molecule has 0 saturated carbocycles. The lowest BCUT2D eigenvalue weighted by Crippen LogP contribution is -1.92. The van der Waals surface area contributed by atoms with Crippen molar-refractivity contribution >= 4 is 10.8 Å². The molecule has 8 rings (SSSR count). The predicted molar refractivity (Wildman–Crippen MR) is 211 cm³/mol. The largest absolute Gasteiger partial charge is 0.0623 e. The molecule has 0 heterocycles. The van der Waals surface area contributed by atoms with Crippen molar-refractivity contribution in [2.24, 2.45) is 0 Å². The minimum absolute atomic E-state index is 1.00. The second kappa shape index (κ2) is 20.3. The van der Waals surface area contributed by atoms with E-state index in [9.17, 15) is 0 Å². The molecular weight excluding hydrogens is 589 g/mol. The van der Waals surface area contributed by atoms with Gasteiger partial charge in [-0.25, -0.2) is 0 Å². The van der Waals surface area contributed by atoms with Crippen LogP contribution in [0.25, 0.3) is 10.8 Å². The number of fused-ring (bicyclic) bond motifs is 1. The molecule has 0 bridgehead atoms. The van der Waals surface area contributed by atoms with Crippen LogP contribution in [-0.2, 0) is 19.3 Å². The van der Waals surface area contributed by atoms with Crippen LogP contribution in [0.2, 0.25) is 0 Å². The number of rotatable bonds is 6. The highest BCUT2D eigenvalue weighted by atomic mass is 14.0. The standard InChI is InChI=1S/C20H18.C13H12.C10H8.C6H6/c1-3-8-17(9-4-1)14-19-12-7-13-20(16-19)15-18-10-5-2-6-11-18;1-3-7-12(8-4-1)11-13-9-5-2-6-10-13;1-2-6-10-8-4-3-7-9(10)5-1;1-2-4-6-5-3-1/h1-13,16H,14-15H2;1-10H,11H2;1-8H;1-6H. The van der Waals surface area contributed by atoms with E-state index in [2.05, 4.69) is 194 Å². The minimum Gasteiger partial charge on any atom is -0.0623 e. The Morgan fingerprint density at radius 2 is 0.388 bits per heavy atom. The van der Waals surface area contributed by atoms with Crippen molar-refractivity contribution in [1.29, 1.82) is 0 Å². The zero-order valence-electron chi connectivity index (χ0n) is 28.1. The Labute approximate surface area is 293 Å². The Hall–Kier alpha value is -5.98. The molecule has 0 aliphatic heterocycles. The van der Waals surface area contributed by atoms with Crippen molar-refractivity contribution < 1.29 is 0 Å². The lowest BCUT2D eigenvalue weighted by atomic mass is 9.99. The first kappa shape index (κ1) is 34.4. The van der Waals surface area contributed by atoms with Crippen molar-refractivity contribution in [3.63, 3.8) is 0 Å². The van der Waals surface area contributed by atoms with Gasteiger partial charge in [-0.05, 0) is 63.4 Å². The molecule has 0 atom stereocenters. The van der Waals surface area contributed by atoms with E-state index >= 15 is 0 Å². The van der Waals surface area contributed by atoms with Crippen LogP contribution in [0.5, 0.6) is 0 Å². The van der Waals surface area contributed by atoms with E-state index in [1.807, 2.05) is 36.4 Å². The molecule has 0 heteroatoms. The molecule has 240 valence electrons. The normalized spacial score (nSPS) is 9.88. The summed E-state index contributed by atoms with van der Waals surface area (Å²) in [5, 5.41) is 2.62. The van der Waals surface area contributed by atoms with Crippen molar-refractivity contribution in [2.45, 2.75) is 19.3 Å². The van der Waals surface area contributed by atoms with E-state index in [-0.39, 0.29) is 0 Å². The summed E-state index contributed by atoms with van der Waals surface area (Å²) >= 11 is 0. The van der Waals surface area contributed by atoms with Gasteiger partial charge in [-0.2, -0.15) is 0 Å². The molecule has 0 saturated heterocycles. The Bertz CT molecular complexity index is 1810. The van der Waals surface area contributed by atoms with Gasteiger partial charge in [0.05, 0.1) is 0 Å². The Kier molecular flexibility index (Phi) is 14.2. The molecule has 0 amide bonds. The first-order valence-corrected chi connectivity index (χ1v) is 17.0.